The number of morpholine rings is 1. The maximum absolute atomic E-state index is 12.8. The fourth-order valence-electron chi connectivity index (χ4n) is 3.00. The molecule has 0 aliphatic carbocycles. The van der Waals surface area contributed by atoms with Crippen molar-refractivity contribution in [1.82, 2.24) is 20.0 Å². The van der Waals surface area contributed by atoms with Crippen molar-refractivity contribution in [3.8, 4) is 0 Å². The van der Waals surface area contributed by atoms with Gasteiger partial charge in [-0.1, -0.05) is 18.7 Å². The van der Waals surface area contributed by atoms with Gasteiger partial charge in [-0.3, -0.25) is 14.3 Å². The first-order valence-electron chi connectivity index (χ1n) is 8.94. The Bertz CT molecular complexity index is 813. The van der Waals surface area contributed by atoms with Crippen LogP contribution in [0.3, 0.4) is 0 Å². The van der Waals surface area contributed by atoms with Crippen LogP contribution >= 0.6 is 0 Å². The fraction of sp³-hybridized carbons (Fsp3) is 0.350. The molecule has 0 radical (unpaired) electrons. The summed E-state index contributed by atoms with van der Waals surface area (Å²) in [5.74, 6) is -0.233. The number of hydrogen-bond acceptors (Lipinski definition) is 4. The van der Waals surface area contributed by atoms with Gasteiger partial charge in [-0.05, 0) is 36.3 Å². The van der Waals surface area contributed by atoms with Gasteiger partial charge in [0.15, 0.2) is 0 Å². The summed E-state index contributed by atoms with van der Waals surface area (Å²) in [5.41, 5.74) is 2.66. The van der Waals surface area contributed by atoms with Crippen LogP contribution in [0.4, 0.5) is 0 Å². The number of benzene rings is 1. The number of carbonyl (C=O) groups excluding carboxylic acids is 2. The fourth-order valence-corrected chi connectivity index (χ4v) is 3.00. The lowest BCUT2D eigenvalue weighted by atomic mass is 10.1. The predicted molar refractivity (Wildman–Crippen MR) is 101 cm³/mol. The molecule has 1 aromatic heterocycles. The Hall–Kier alpha value is -2.93. The number of hydrogen-bond donors (Lipinski definition) is 1. The van der Waals surface area contributed by atoms with Crippen molar-refractivity contribution in [1.29, 1.82) is 0 Å². The zero-order chi connectivity index (χ0) is 19.2. The summed E-state index contributed by atoms with van der Waals surface area (Å²) < 4.78 is 7.64. The third-order valence-corrected chi connectivity index (χ3v) is 4.43. The summed E-state index contributed by atoms with van der Waals surface area (Å²) in [6.07, 6.45) is 4.94. The normalized spacial score (nSPS) is 16.8. The Morgan fingerprint density at radius 2 is 2.15 bits per heavy atom. The number of aromatic nitrogens is 2. The van der Waals surface area contributed by atoms with Gasteiger partial charge in [0.25, 0.3) is 5.91 Å². The second-order valence-electron chi connectivity index (χ2n) is 6.60. The van der Waals surface area contributed by atoms with Crippen molar-refractivity contribution in [2.24, 2.45) is 0 Å². The van der Waals surface area contributed by atoms with E-state index < -0.39 is 0 Å². The van der Waals surface area contributed by atoms with Crippen LogP contribution in [0.1, 0.15) is 21.5 Å². The van der Waals surface area contributed by atoms with Crippen molar-refractivity contribution in [2.45, 2.75) is 26.1 Å². The largest absolute Gasteiger partial charge is 0.373 e. The number of rotatable bonds is 6. The molecule has 0 spiro atoms. The molecule has 2 aromatic rings. The van der Waals surface area contributed by atoms with E-state index in [1.54, 1.807) is 12.1 Å². The minimum Gasteiger partial charge on any atom is -0.373 e. The molecule has 2 heterocycles. The molecular weight excluding hydrogens is 344 g/mol. The first-order chi connectivity index (χ1) is 13.0. The minimum atomic E-state index is -0.220. The number of aryl methyl sites for hydroxylation is 1. The highest BCUT2D eigenvalue weighted by atomic mass is 16.5. The van der Waals surface area contributed by atoms with E-state index >= 15 is 0 Å². The number of amides is 2. The molecule has 1 aliphatic rings. The molecule has 1 aliphatic heterocycles. The van der Waals surface area contributed by atoms with Crippen molar-refractivity contribution in [2.75, 3.05) is 19.7 Å². The molecule has 1 fully saturated rings. The lowest BCUT2D eigenvalue weighted by Gasteiger charge is -2.33. The first kappa shape index (κ1) is 18.8. The van der Waals surface area contributed by atoms with Crippen LogP contribution in [0.2, 0.25) is 0 Å². The zero-order valence-corrected chi connectivity index (χ0v) is 15.4. The Morgan fingerprint density at radius 3 is 2.81 bits per heavy atom. The maximum Gasteiger partial charge on any atom is 0.254 e. The molecule has 1 aromatic carbocycles. The SMILES string of the molecule is C=CC(=O)NCc1ccc(C(=O)N2CCOC(Cn3cc(C)cn3)C2)cc1. The average molecular weight is 368 g/mol. The highest BCUT2D eigenvalue weighted by Gasteiger charge is 2.25. The van der Waals surface area contributed by atoms with Gasteiger partial charge in [0, 0.05) is 31.4 Å². The van der Waals surface area contributed by atoms with Gasteiger partial charge in [0.05, 0.1) is 25.5 Å². The minimum absolute atomic E-state index is 0.0124. The highest BCUT2D eigenvalue weighted by molar-refractivity contribution is 5.94. The number of carbonyl (C=O) groups is 2. The Balaban J connectivity index is 1.57. The summed E-state index contributed by atoms with van der Waals surface area (Å²) in [5, 5.41) is 6.99. The molecule has 142 valence electrons. The average Bonchev–Trinajstić information content (AvgIpc) is 3.10. The van der Waals surface area contributed by atoms with E-state index in [0.29, 0.717) is 38.3 Å². The van der Waals surface area contributed by atoms with Crippen molar-refractivity contribution < 1.29 is 14.3 Å². The van der Waals surface area contributed by atoms with E-state index in [4.69, 9.17) is 4.74 Å². The first-order valence-corrected chi connectivity index (χ1v) is 8.94. The maximum atomic E-state index is 12.8. The summed E-state index contributed by atoms with van der Waals surface area (Å²) in [4.78, 5) is 25.8. The van der Waals surface area contributed by atoms with Gasteiger partial charge in [-0.2, -0.15) is 5.10 Å². The van der Waals surface area contributed by atoms with E-state index in [-0.39, 0.29) is 17.9 Å². The molecule has 1 unspecified atom stereocenters. The highest BCUT2D eigenvalue weighted by Crippen LogP contribution is 2.13. The molecule has 1 N–H and O–H groups in total. The molecule has 3 rings (SSSR count). The smallest absolute Gasteiger partial charge is 0.254 e. The number of nitrogens with one attached hydrogen (secondary N) is 1. The van der Waals surface area contributed by atoms with E-state index in [9.17, 15) is 9.59 Å². The Kier molecular flexibility index (Phi) is 6.03. The topological polar surface area (TPSA) is 76.5 Å². The quantitative estimate of drug-likeness (QED) is 0.785. The van der Waals surface area contributed by atoms with Crippen LogP contribution in [0.25, 0.3) is 0 Å². The lowest BCUT2D eigenvalue weighted by Crippen LogP contribution is -2.47. The third kappa shape index (κ3) is 5.04. The number of nitrogens with zero attached hydrogens (tertiary/aromatic N) is 3. The molecule has 0 saturated carbocycles. The van der Waals surface area contributed by atoms with Gasteiger partial charge in [0.2, 0.25) is 5.91 Å². The third-order valence-electron chi connectivity index (χ3n) is 4.43. The van der Waals surface area contributed by atoms with Crippen molar-refractivity contribution in [3.63, 3.8) is 0 Å². The summed E-state index contributed by atoms with van der Waals surface area (Å²) in [6.45, 7) is 8.07. The molecule has 1 atom stereocenters. The monoisotopic (exact) mass is 368 g/mol. The summed E-state index contributed by atoms with van der Waals surface area (Å²) >= 11 is 0. The van der Waals surface area contributed by atoms with Crippen LogP contribution in [0.5, 0.6) is 0 Å². The lowest BCUT2D eigenvalue weighted by molar-refractivity contribution is -0.116. The van der Waals surface area contributed by atoms with E-state index in [0.717, 1.165) is 11.1 Å². The van der Waals surface area contributed by atoms with E-state index in [1.807, 2.05) is 41.0 Å². The molecular formula is C20H24N4O3. The van der Waals surface area contributed by atoms with Gasteiger partial charge >= 0.3 is 0 Å². The van der Waals surface area contributed by atoms with Crippen LogP contribution in [0, 0.1) is 6.92 Å². The second kappa shape index (κ2) is 8.64. The molecule has 7 nitrogen and oxygen atoms in total. The molecule has 2 amide bonds. The van der Waals surface area contributed by atoms with Crippen molar-refractivity contribution >= 4 is 11.8 Å². The van der Waals surface area contributed by atoms with Crippen LogP contribution in [-0.2, 0) is 22.6 Å². The second-order valence-corrected chi connectivity index (χ2v) is 6.60. The number of ether oxygens (including phenoxy) is 1. The van der Waals surface area contributed by atoms with Gasteiger partial charge in [-0.15, -0.1) is 0 Å². The Morgan fingerprint density at radius 1 is 1.37 bits per heavy atom. The van der Waals surface area contributed by atoms with Crippen molar-refractivity contribution in [3.05, 3.63) is 66.0 Å². The van der Waals surface area contributed by atoms with Gasteiger partial charge in [0.1, 0.15) is 0 Å². The van der Waals surface area contributed by atoms with Gasteiger partial charge < -0.3 is 15.0 Å². The standard InChI is InChI=1S/C20H24N4O3/c1-3-19(25)21-11-16-4-6-17(7-5-16)20(26)23-8-9-27-18(13-23)14-24-12-15(2)10-22-24/h3-7,10,12,18H,1,8-9,11,13-14H2,2H3,(H,21,25). The van der Waals surface area contributed by atoms with E-state index in [2.05, 4.69) is 17.0 Å². The van der Waals surface area contributed by atoms with Gasteiger partial charge in [-0.25, -0.2) is 0 Å². The summed E-state index contributed by atoms with van der Waals surface area (Å²) in [7, 11) is 0. The summed E-state index contributed by atoms with van der Waals surface area (Å²) in [6, 6.07) is 7.28. The van der Waals surface area contributed by atoms with Crippen LogP contribution in [-0.4, -0.2) is 52.3 Å². The molecule has 7 heteroatoms. The van der Waals surface area contributed by atoms with E-state index in [1.165, 1.54) is 6.08 Å². The Labute approximate surface area is 158 Å². The van der Waals surface area contributed by atoms with Crippen LogP contribution in [0.15, 0.2) is 49.3 Å². The predicted octanol–water partition coefficient (Wildman–Crippen LogP) is 1.53. The molecule has 1 saturated heterocycles. The molecule has 0 bridgehead atoms. The zero-order valence-electron chi connectivity index (χ0n) is 15.4. The van der Waals surface area contributed by atoms with Crippen LogP contribution < -0.4 is 5.32 Å². The molecule has 27 heavy (non-hydrogen) atoms.